The molecule has 0 saturated carbocycles. The fourth-order valence-electron chi connectivity index (χ4n) is 5.82. The van der Waals surface area contributed by atoms with E-state index in [1.54, 1.807) is 23.3 Å². The normalized spacial score (nSPS) is 17.0. The smallest absolute Gasteiger partial charge is 0.242 e. The summed E-state index contributed by atoms with van der Waals surface area (Å²) in [6.07, 6.45) is 6.72. The van der Waals surface area contributed by atoms with Crippen molar-refractivity contribution >= 4 is 11.8 Å². The second-order valence-electron chi connectivity index (χ2n) is 10.8. The molecule has 0 saturated heterocycles. The zero-order chi connectivity index (χ0) is 29.1. The zero-order valence-corrected chi connectivity index (χ0v) is 24.0. The van der Waals surface area contributed by atoms with Gasteiger partial charge >= 0.3 is 0 Å². The number of hydrogen-bond donors (Lipinski definition) is 0. The van der Waals surface area contributed by atoms with Crippen LogP contribution in [0.1, 0.15) is 46.2 Å². The van der Waals surface area contributed by atoms with E-state index in [9.17, 15) is 9.59 Å². The van der Waals surface area contributed by atoms with Gasteiger partial charge in [-0.2, -0.15) is 0 Å². The first-order valence-corrected chi connectivity index (χ1v) is 14.4. The number of aryl methyl sites for hydroxylation is 2. The van der Waals surface area contributed by atoms with E-state index >= 15 is 0 Å². The summed E-state index contributed by atoms with van der Waals surface area (Å²) in [5.74, 6) is 2.21. The average molecular weight is 570 g/mol. The van der Waals surface area contributed by atoms with Crippen molar-refractivity contribution in [1.82, 2.24) is 24.5 Å². The van der Waals surface area contributed by atoms with E-state index in [0.29, 0.717) is 51.4 Å². The van der Waals surface area contributed by atoms with Gasteiger partial charge in [0.05, 0.1) is 37.6 Å². The van der Waals surface area contributed by atoms with Crippen LogP contribution in [0.25, 0.3) is 0 Å². The number of aromatic nitrogens is 3. The van der Waals surface area contributed by atoms with Crippen molar-refractivity contribution in [3.8, 4) is 11.5 Å². The summed E-state index contributed by atoms with van der Waals surface area (Å²) in [4.78, 5) is 34.7. The molecule has 0 spiro atoms. The molecule has 10 heteroatoms. The summed E-state index contributed by atoms with van der Waals surface area (Å²) < 4.78 is 19.4. The van der Waals surface area contributed by atoms with Crippen molar-refractivity contribution in [2.45, 2.75) is 45.7 Å². The largest absolute Gasteiger partial charge is 0.494 e. The van der Waals surface area contributed by atoms with Gasteiger partial charge in [0.1, 0.15) is 30.4 Å². The van der Waals surface area contributed by atoms with Gasteiger partial charge in [-0.05, 0) is 67.6 Å². The van der Waals surface area contributed by atoms with Gasteiger partial charge in [-0.3, -0.25) is 9.59 Å². The highest BCUT2D eigenvalue weighted by Gasteiger charge is 2.33. The van der Waals surface area contributed by atoms with Gasteiger partial charge in [-0.1, -0.05) is 23.4 Å². The van der Waals surface area contributed by atoms with Gasteiger partial charge in [0.15, 0.2) is 0 Å². The Kier molecular flexibility index (Phi) is 7.94. The predicted molar refractivity (Wildman–Crippen MR) is 154 cm³/mol. The monoisotopic (exact) mass is 569 g/mol. The number of hydrogen-bond acceptors (Lipinski definition) is 7. The second-order valence-corrected chi connectivity index (χ2v) is 10.8. The van der Waals surface area contributed by atoms with Crippen LogP contribution in [0, 0.1) is 13.8 Å². The third kappa shape index (κ3) is 5.88. The molecule has 7 rings (SSSR count). The number of nitrogens with zero attached hydrogens (tertiary/aromatic N) is 5. The van der Waals surface area contributed by atoms with E-state index in [1.807, 2.05) is 54.0 Å². The number of carbonyl (C=O) groups is 2. The first-order chi connectivity index (χ1) is 20.5. The van der Waals surface area contributed by atoms with Crippen molar-refractivity contribution in [3.05, 3.63) is 94.9 Å². The molecule has 1 unspecified atom stereocenters. The van der Waals surface area contributed by atoms with Gasteiger partial charge in [0.25, 0.3) is 0 Å². The quantitative estimate of drug-likeness (QED) is 0.367. The Balaban J connectivity index is 1.28. The molecule has 2 aromatic carbocycles. The van der Waals surface area contributed by atoms with Gasteiger partial charge < -0.3 is 28.4 Å². The summed E-state index contributed by atoms with van der Waals surface area (Å²) in [7, 11) is 0. The van der Waals surface area contributed by atoms with Crippen molar-refractivity contribution in [2.75, 3.05) is 32.8 Å². The van der Waals surface area contributed by atoms with Crippen LogP contribution in [-0.2, 0) is 29.0 Å². The molecule has 0 N–H and O–H groups in total. The van der Waals surface area contributed by atoms with Crippen LogP contribution in [0.4, 0.5) is 0 Å². The van der Waals surface area contributed by atoms with Crippen molar-refractivity contribution < 1.29 is 23.6 Å². The van der Waals surface area contributed by atoms with Crippen molar-refractivity contribution in [3.63, 3.8) is 0 Å². The molecular formula is C32H35N5O5. The maximum Gasteiger partial charge on any atom is 0.242 e. The maximum atomic E-state index is 13.8. The first kappa shape index (κ1) is 27.6. The number of rotatable bonds is 4. The number of benzene rings is 2. The lowest BCUT2D eigenvalue weighted by Gasteiger charge is -2.38. The van der Waals surface area contributed by atoms with Crippen LogP contribution >= 0.6 is 0 Å². The highest BCUT2D eigenvalue weighted by molar-refractivity contribution is 5.81. The van der Waals surface area contributed by atoms with E-state index in [2.05, 4.69) is 22.3 Å². The lowest BCUT2D eigenvalue weighted by Crippen LogP contribution is -2.41. The van der Waals surface area contributed by atoms with Crippen molar-refractivity contribution in [1.29, 1.82) is 0 Å². The Morgan fingerprint density at radius 3 is 2.64 bits per heavy atom. The van der Waals surface area contributed by atoms with Crippen LogP contribution in [0.2, 0.25) is 0 Å². The SMILES string of the molecule is Cc1noc(C)c1CC(=O)N1CCc2cc3ccc2C1c1cccc(c1)OCCCN(C(=O)Cn1ccnc1)CCO3. The Labute approximate surface area is 244 Å². The molecule has 0 radical (unpaired) electrons. The van der Waals surface area contributed by atoms with E-state index in [4.69, 9.17) is 14.0 Å². The zero-order valence-electron chi connectivity index (χ0n) is 24.0. The molecule has 4 aromatic rings. The van der Waals surface area contributed by atoms with Gasteiger partial charge in [-0.15, -0.1) is 0 Å². The van der Waals surface area contributed by atoms with Crippen LogP contribution in [0.5, 0.6) is 11.5 Å². The molecule has 1 atom stereocenters. The van der Waals surface area contributed by atoms with E-state index < -0.39 is 0 Å². The molecule has 2 aromatic heterocycles. The highest BCUT2D eigenvalue weighted by Crippen LogP contribution is 2.38. The summed E-state index contributed by atoms with van der Waals surface area (Å²) in [5.41, 5.74) is 4.79. The molecule has 3 aliphatic rings. The molecule has 0 aliphatic carbocycles. The highest BCUT2D eigenvalue weighted by atomic mass is 16.5. The maximum absolute atomic E-state index is 13.8. The average Bonchev–Trinajstić information content (AvgIpc) is 3.62. The lowest BCUT2D eigenvalue weighted by molar-refractivity contribution is -0.133. The fraction of sp³-hybridized carbons (Fsp3) is 0.375. The van der Waals surface area contributed by atoms with E-state index in [1.165, 1.54) is 0 Å². The molecule has 5 heterocycles. The predicted octanol–water partition coefficient (Wildman–Crippen LogP) is 3.89. The molecule has 3 aliphatic heterocycles. The van der Waals surface area contributed by atoms with E-state index in [-0.39, 0.29) is 30.8 Å². The fourth-order valence-corrected chi connectivity index (χ4v) is 5.82. The van der Waals surface area contributed by atoms with Gasteiger partial charge in [0.2, 0.25) is 11.8 Å². The van der Waals surface area contributed by atoms with E-state index in [0.717, 1.165) is 39.4 Å². The molecule has 2 amide bonds. The summed E-state index contributed by atoms with van der Waals surface area (Å²) in [6.45, 7) is 6.36. The van der Waals surface area contributed by atoms with Crippen molar-refractivity contribution in [2.24, 2.45) is 0 Å². The number of ether oxygens (including phenoxy) is 2. The second kappa shape index (κ2) is 12.1. The number of amides is 2. The minimum absolute atomic E-state index is 0.00865. The third-order valence-electron chi connectivity index (χ3n) is 8.05. The van der Waals surface area contributed by atoms with Crippen LogP contribution < -0.4 is 9.47 Å². The molecule has 6 bridgehead atoms. The number of fused-ring (bicyclic) bond motifs is 8. The summed E-state index contributed by atoms with van der Waals surface area (Å²) in [5, 5.41) is 4.04. The summed E-state index contributed by atoms with van der Waals surface area (Å²) >= 11 is 0. The van der Waals surface area contributed by atoms with Crippen LogP contribution in [-0.4, -0.2) is 69.2 Å². The van der Waals surface area contributed by atoms with Gasteiger partial charge in [0, 0.05) is 31.0 Å². The summed E-state index contributed by atoms with van der Waals surface area (Å²) in [6, 6.07) is 13.8. The minimum atomic E-state index is -0.261. The lowest BCUT2D eigenvalue weighted by atomic mass is 9.87. The first-order valence-electron chi connectivity index (χ1n) is 14.4. The number of imidazole rings is 1. The Morgan fingerprint density at radius 1 is 0.976 bits per heavy atom. The molecular weight excluding hydrogens is 534 g/mol. The van der Waals surface area contributed by atoms with Crippen LogP contribution in [0.15, 0.2) is 65.7 Å². The Hall–Kier alpha value is -4.60. The Bertz CT molecular complexity index is 1540. The third-order valence-corrected chi connectivity index (χ3v) is 8.05. The van der Waals surface area contributed by atoms with Gasteiger partial charge in [-0.25, -0.2) is 4.98 Å². The molecule has 42 heavy (non-hydrogen) atoms. The standard InChI is InChI=1S/C32H35N5O5/c1-22-29(23(2)42-34-22)19-30(38)37-12-9-24-17-27-7-8-28(24)32(37)25-5-3-6-26(18-25)40-15-4-11-36(14-16-41-27)31(39)20-35-13-10-33-21-35/h3,5-8,10,13,17-18,21,32H,4,9,11-12,14-16,19-20H2,1-2H3. The molecule has 10 nitrogen and oxygen atoms in total. The molecule has 218 valence electrons. The van der Waals surface area contributed by atoms with Crippen LogP contribution in [0.3, 0.4) is 0 Å². The Morgan fingerprint density at radius 2 is 1.83 bits per heavy atom. The minimum Gasteiger partial charge on any atom is -0.494 e. The number of carbonyl (C=O) groups excluding carboxylic acids is 2. The topological polar surface area (TPSA) is 103 Å². The molecule has 0 fully saturated rings.